The van der Waals surface area contributed by atoms with Crippen molar-refractivity contribution >= 4 is 5.82 Å². The van der Waals surface area contributed by atoms with E-state index in [2.05, 4.69) is 22.2 Å². The minimum absolute atomic E-state index is 0.398. The molecule has 0 radical (unpaired) electrons. The van der Waals surface area contributed by atoms with Gasteiger partial charge in [0.15, 0.2) is 0 Å². The Labute approximate surface area is 103 Å². The zero-order valence-corrected chi connectivity index (χ0v) is 10.6. The quantitative estimate of drug-likeness (QED) is 0.871. The molecule has 1 aromatic heterocycles. The van der Waals surface area contributed by atoms with E-state index in [-0.39, 0.29) is 0 Å². The van der Waals surface area contributed by atoms with Crippen LogP contribution in [0, 0.1) is 5.92 Å². The molecule has 2 rings (SSSR count). The van der Waals surface area contributed by atoms with Crippen molar-refractivity contribution in [3.8, 4) is 0 Å². The molecular formula is C13H21N3O. The highest BCUT2D eigenvalue weighted by Gasteiger charge is 2.21. The van der Waals surface area contributed by atoms with Crippen LogP contribution in [0.3, 0.4) is 0 Å². The number of anilines is 1. The fourth-order valence-corrected chi connectivity index (χ4v) is 2.28. The Balaban J connectivity index is 1.84. The molecule has 4 heteroatoms. The lowest BCUT2D eigenvalue weighted by molar-refractivity contribution is -0.0168. The average Bonchev–Trinajstić information content (AvgIpc) is 2.38. The summed E-state index contributed by atoms with van der Waals surface area (Å²) in [4.78, 5) is 8.54. The molecule has 2 unspecified atom stereocenters. The predicted octanol–water partition coefficient (Wildman–Crippen LogP) is 2.61. The molecule has 1 saturated carbocycles. The Hall–Kier alpha value is -1.16. The Bertz CT molecular complexity index is 339. The molecule has 17 heavy (non-hydrogen) atoms. The van der Waals surface area contributed by atoms with Gasteiger partial charge >= 0.3 is 0 Å². The highest BCUT2D eigenvalue weighted by molar-refractivity contribution is 5.29. The second-order valence-electron chi connectivity index (χ2n) is 4.75. The molecule has 1 N–H and O–H groups in total. The molecule has 1 aliphatic rings. The molecule has 0 spiro atoms. The van der Waals surface area contributed by atoms with Crippen LogP contribution in [0.2, 0.25) is 0 Å². The monoisotopic (exact) mass is 235 g/mol. The standard InChI is InChI=1S/C13H21N3O/c1-10-5-3-4-6-12(10)17-9-11-7-16-13(14-2)8-15-11/h7-8,10,12H,3-6,9H2,1-2H3,(H,14,16). The Kier molecular flexibility index (Phi) is 4.31. The van der Waals surface area contributed by atoms with Gasteiger partial charge in [-0.15, -0.1) is 0 Å². The molecule has 1 heterocycles. The van der Waals surface area contributed by atoms with E-state index >= 15 is 0 Å². The highest BCUT2D eigenvalue weighted by atomic mass is 16.5. The van der Waals surface area contributed by atoms with Crippen molar-refractivity contribution < 1.29 is 4.74 Å². The number of nitrogens with one attached hydrogen (secondary N) is 1. The topological polar surface area (TPSA) is 47.0 Å². The number of hydrogen-bond donors (Lipinski definition) is 1. The fourth-order valence-electron chi connectivity index (χ4n) is 2.28. The molecule has 94 valence electrons. The van der Waals surface area contributed by atoms with E-state index in [9.17, 15) is 0 Å². The van der Waals surface area contributed by atoms with E-state index in [1.165, 1.54) is 25.7 Å². The number of nitrogens with zero attached hydrogens (tertiary/aromatic N) is 2. The minimum Gasteiger partial charge on any atom is -0.372 e. The maximum absolute atomic E-state index is 5.93. The van der Waals surface area contributed by atoms with Gasteiger partial charge in [0.1, 0.15) is 5.82 Å². The van der Waals surface area contributed by atoms with E-state index in [4.69, 9.17) is 4.74 Å². The molecule has 0 bridgehead atoms. The number of aromatic nitrogens is 2. The van der Waals surface area contributed by atoms with Gasteiger partial charge in [-0.25, -0.2) is 4.98 Å². The van der Waals surface area contributed by atoms with Crippen LogP contribution in [0.5, 0.6) is 0 Å². The van der Waals surface area contributed by atoms with Crippen LogP contribution in [-0.2, 0) is 11.3 Å². The second kappa shape index (κ2) is 5.96. The average molecular weight is 235 g/mol. The fraction of sp³-hybridized carbons (Fsp3) is 0.692. The van der Waals surface area contributed by atoms with Crippen LogP contribution in [-0.4, -0.2) is 23.1 Å². The zero-order valence-electron chi connectivity index (χ0n) is 10.6. The maximum Gasteiger partial charge on any atom is 0.144 e. The largest absolute Gasteiger partial charge is 0.372 e. The molecule has 0 aromatic carbocycles. The zero-order chi connectivity index (χ0) is 12.1. The molecule has 1 aliphatic carbocycles. The molecular weight excluding hydrogens is 214 g/mol. The van der Waals surface area contributed by atoms with E-state index in [0.29, 0.717) is 18.6 Å². The lowest BCUT2D eigenvalue weighted by atomic mass is 9.88. The van der Waals surface area contributed by atoms with Gasteiger partial charge in [-0.2, -0.15) is 0 Å². The summed E-state index contributed by atoms with van der Waals surface area (Å²) in [5.74, 6) is 1.47. The molecule has 0 aliphatic heterocycles. The van der Waals surface area contributed by atoms with E-state index in [1.807, 2.05) is 7.05 Å². The van der Waals surface area contributed by atoms with Crippen LogP contribution in [0.1, 0.15) is 38.3 Å². The van der Waals surface area contributed by atoms with Gasteiger partial charge in [0.25, 0.3) is 0 Å². The normalized spacial score (nSPS) is 24.6. The molecule has 1 fully saturated rings. The maximum atomic E-state index is 5.93. The van der Waals surface area contributed by atoms with Gasteiger partial charge in [0, 0.05) is 7.05 Å². The summed E-state index contributed by atoms with van der Waals surface area (Å²) in [6.07, 6.45) is 9.02. The van der Waals surface area contributed by atoms with Crippen molar-refractivity contribution in [3.63, 3.8) is 0 Å². The highest BCUT2D eigenvalue weighted by Crippen LogP contribution is 2.26. The van der Waals surface area contributed by atoms with Gasteiger partial charge in [-0.3, -0.25) is 4.98 Å². The van der Waals surface area contributed by atoms with E-state index in [0.717, 1.165) is 11.5 Å². The predicted molar refractivity (Wildman–Crippen MR) is 67.8 cm³/mol. The lowest BCUT2D eigenvalue weighted by Gasteiger charge is -2.28. The number of rotatable bonds is 4. The Morgan fingerprint density at radius 1 is 1.29 bits per heavy atom. The third-order valence-electron chi connectivity index (χ3n) is 3.44. The molecule has 4 nitrogen and oxygen atoms in total. The Morgan fingerprint density at radius 2 is 2.12 bits per heavy atom. The molecule has 2 atom stereocenters. The van der Waals surface area contributed by atoms with Crippen LogP contribution >= 0.6 is 0 Å². The molecule has 1 aromatic rings. The van der Waals surface area contributed by atoms with Crippen molar-refractivity contribution in [2.75, 3.05) is 12.4 Å². The first kappa shape index (κ1) is 12.3. The first-order chi connectivity index (χ1) is 8.29. The summed E-state index contributed by atoms with van der Waals surface area (Å²) in [6.45, 7) is 2.85. The summed E-state index contributed by atoms with van der Waals surface area (Å²) in [7, 11) is 1.84. The Morgan fingerprint density at radius 3 is 2.76 bits per heavy atom. The summed E-state index contributed by atoms with van der Waals surface area (Å²) in [5, 5.41) is 2.95. The summed E-state index contributed by atoms with van der Waals surface area (Å²) in [6, 6.07) is 0. The summed E-state index contributed by atoms with van der Waals surface area (Å²) >= 11 is 0. The first-order valence-electron chi connectivity index (χ1n) is 6.40. The minimum atomic E-state index is 0.398. The van der Waals surface area contributed by atoms with Gasteiger partial charge in [0.05, 0.1) is 30.8 Å². The first-order valence-corrected chi connectivity index (χ1v) is 6.40. The van der Waals surface area contributed by atoms with Crippen LogP contribution in [0.4, 0.5) is 5.82 Å². The summed E-state index contributed by atoms with van der Waals surface area (Å²) < 4.78 is 5.93. The lowest BCUT2D eigenvalue weighted by Crippen LogP contribution is -2.25. The smallest absolute Gasteiger partial charge is 0.144 e. The van der Waals surface area contributed by atoms with Crippen molar-refractivity contribution in [1.82, 2.24) is 9.97 Å². The van der Waals surface area contributed by atoms with Gasteiger partial charge in [-0.1, -0.05) is 19.8 Å². The molecule has 0 saturated heterocycles. The third kappa shape index (κ3) is 3.40. The van der Waals surface area contributed by atoms with Gasteiger partial charge in [-0.05, 0) is 18.8 Å². The van der Waals surface area contributed by atoms with Gasteiger partial charge in [0.2, 0.25) is 0 Å². The van der Waals surface area contributed by atoms with Crippen molar-refractivity contribution in [3.05, 3.63) is 18.1 Å². The molecule has 0 amide bonds. The third-order valence-corrected chi connectivity index (χ3v) is 3.44. The van der Waals surface area contributed by atoms with Crippen molar-refractivity contribution in [1.29, 1.82) is 0 Å². The van der Waals surface area contributed by atoms with E-state index in [1.54, 1.807) is 12.4 Å². The van der Waals surface area contributed by atoms with Crippen molar-refractivity contribution in [2.24, 2.45) is 5.92 Å². The van der Waals surface area contributed by atoms with Crippen LogP contribution < -0.4 is 5.32 Å². The van der Waals surface area contributed by atoms with Crippen molar-refractivity contribution in [2.45, 2.75) is 45.3 Å². The van der Waals surface area contributed by atoms with Gasteiger partial charge < -0.3 is 10.1 Å². The van der Waals surface area contributed by atoms with Crippen LogP contribution in [0.15, 0.2) is 12.4 Å². The summed E-state index contributed by atoms with van der Waals surface area (Å²) in [5.41, 5.74) is 0.904. The number of ether oxygens (including phenoxy) is 1. The number of hydrogen-bond acceptors (Lipinski definition) is 4. The second-order valence-corrected chi connectivity index (χ2v) is 4.75. The van der Waals surface area contributed by atoms with Crippen LogP contribution in [0.25, 0.3) is 0 Å². The van der Waals surface area contributed by atoms with E-state index < -0.39 is 0 Å². The SMILES string of the molecule is CNc1cnc(COC2CCCCC2C)cn1.